The van der Waals surface area contributed by atoms with Gasteiger partial charge in [-0.25, -0.2) is 8.42 Å². The number of hydrogen-bond acceptors (Lipinski definition) is 5. The van der Waals surface area contributed by atoms with E-state index in [1.807, 2.05) is 6.92 Å². The Balaban J connectivity index is 2.12. The van der Waals surface area contributed by atoms with E-state index in [4.69, 9.17) is 46.4 Å². The molecule has 0 saturated carbocycles. The van der Waals surface area contributed by atoms with Crippen molar-refractivity contribution in [2.45, 2.75) is 34.2 Å². The van der Waals surface area contributed by atoms with E-state index in [-0.39, 0.29) is 27.7 Å². The summed E-state index contributed by atoms with van der Waals surface area (Å²) >= 11 is 22.5. The number of sulfone groups is 1. The second kappa shape index (κ2) is 9.83. The first-order chi connectivity index (χ1) is 14.2. The molecule has 31 heavy (non-hydrogen) atoms. The monoisotopic (exact) mass is 526 g/mol. The van der Waals surface area contributed by atoms with Crippen LogP contribution in [0.25, 0.3) is 0 Å². The molecule has 3 N–H and O–H groups in total. The maximum atomic E-state index is 12.7. The summed E-state index contributed by atoms with van der Waals surface area (Å²) in [5, 5.41) is 13.6. The molecule has 0 aromatic heterocycles. The van der Waals surface area contributed by atoms with Crippen LogP contribution >= 0.6 is 46.4 Å². The Kier molecular flexibility index (Phi) is 8.10. The fourth-order valence-electron chi connectivity index (χ4n) is 2.48. The molecule has 0 radical (unpaired) electrons. The number of rotatable bonds is 6. The Morgan fingerprint density at radius 3 is 2.19 bits per heavy atom. The number of nitrogens with one attached hydrogen (secondary N) is 2. The number of benzene rings is 2. The van der Waals surface area contributed by atoms with Crippen molar-refractivity contribution in [3.05, 3.63) is 47.0 Å². The second-order valence-electron chi connectivity index (χ2n) is 6.72. The molecular weight excluding hydrogens is 510 g/mol. The van der Waals surface area contributed by atoms with Gasteiger partial charge in [0.05, 0.1) is 26.5 Å². The lowest BCUT2D eigenvalue weighted by Crippen LogP contribution is -2.27. The van der Waals surface area contributed by atoms with Gasteiger partial charge in [-0.05, 0) is 32.0 Å². The molecule has 2 aromatic rings. The van der Waals surface area contributed by atoms with Gasteiger partial charge in [-0.15, -0.1) is 0 Å². The molecule has 12 heteroatoms. The van der Waals surface area contributed by atoms with Crippen LogP contribution in [0.15, 0.2) is 41.3 Å². The maximum absolute atomic E-state index is 12.7. The van der Waals surface area contributed by atoms with Crippen LogP contribution < -0.4 is 10.6 Å². The number of carbonyl (C=O) groups is 2. The van der Waals surface area contributed by atoms with Gasteiger partial charge in [0, 0.05) is 12.5 Å². The van der Waals surface area contributed by atoms with E-state index in [9.17, 15) is 23.1 Å². The summed E-state index contributed by atoms with van der Waals surface area (Å²) < 4.78 is 23.1. The van der Waals surface area contributed by atoms with E-state index in [2.05, 4.69) is 10.6 Å². The van der Waals surface area contributed by atoms with E-state index >= 15 is 0 Å². The molecule has 0 aliphatic rings. The molecule has 2 rings (SSSR count). The van der Waals surface area contributed by atoms with Gasteiger partial charge in [0.15, 0.2) is 9.84 Å². The van der Waals surface area contributed by atoms with Crippen molar-refractivity contribution in [3.63, 3.8) is 0 Å². The number of halogens is 4. The third kappa shape index (κ3) is 6.63. The fourth-order valence-corrected chi connectivity index (χ4v) is 4.19. The molecule has 1 unspecified atom stereocenters. The molecule has 2 aromatic carbocycles. The van der Waals surface area contributed by atoms with Gasteiger partial charge >= 0.3 is 0 Å². The van der Waals surface area contributed by atoms with Crippen LogP contribution in [0.3, 0.4) is 0 Å². The van der Waals surface area contributed by atoms with Crippen molar-refractivity contribution in [3.8, 4) is 5.75 Å². The highest BCUT2D eigenvalue weighted by atomic mass is 35.6. The van der Waals surface area contributed by atoms with Crippen LogP contribution in [0.1, 0.15) is 18.9 Å². The number of alkyl halides is 3. The molecular formula is C19H18Cl4N2O5S. The van der Waals surface area contributed by atoms with Crippen molar-refractivity contribution in [1.29, 1.82) is 0 Å². The third-order valence-electron chi connectivity index (χ3n) is 4.22. The van der Waals surface area contributed by atoms with Gasteiger partial charge in [-0.2, -0.15) is 0 Å². The number of aromatic hydroxyl groups is 1. The van der Waals surface area contributed by atoms with Gasteiger partial charge < -0.3 is 15.7 Å². The lowest BCUT2D eigenvalue weighted by Gasteiger charge is -2.16. The van der Waals surface area contributed by atoms with Crippen LogP contribution in [0, 0.1) is 6.92 Å². The summed E-state index contributed by atoms with van der Waals surface area (Å²) in [4.78, 5) is 24.2. The Labute approximate surface area is 199 Å². The molecule has 0 heterocycles. The zero-order chi connectivity index (χ0) is 23.6. The standard InChI is InChI=1S/C19H18Cl4N2O5S/c1-10-3-5-12(6-4-10)31(29,30)11(2)7-17(27)24-14-9-16(26)15(8-13(14)20)25-18(28)19(21,22)23/h3-6,8-9,11,26H,7H2,1-2H3,(H,24,27)(H,25,28). The van der Waals surface area contributed by atoms with Gasteiger partial charge in [0.1, 0.15) is 5.75 Å². The molecule has 0 saturated heterocycles. The normalized spacial score (nSPS) is 12.8. The summed E-state index contributed by atoms with van der Waals surface area (Å²) in [6.45, 7) is 3.25. The predicted molar refractivity (Wildman–Crippen MR) is 123 cm³/mol. The highest BCUT2D eigenvalue weighted by Gasteiger charge is 2.31. The van der Waals surface area contributed by atoms with E-state index < -0.39 is 36.4 Å². The van der Waals surface area contributed by atoms with Crippen molar-refractivity contribution >= 4 is 79.4 Å². The Morgan fingerprint density at radius 2 is 1.65 bits per heavy atom. The van der Waals surface area contributed by atoms with Gasteiger partial charge in [-0.3, -0.25) is 9.59 Å². The summed E-state index contributed by atoms with van der Waals surface area (Å²) in [5.74, 6) is -2.11. The second-order valence-corrected chi connectivity index (χ2v) is 11.8. The summed E-state index contributed by atoms with van der Waals surface area (Å²) in [7, 11) is -3.72. The van der Waals surface area contributed by atoms with Crippen LogP contribution in [0.2, 0.25) is 5.02 Å². The van der Waals surface area contributed by atoms with Crippen molar-refractivity contribution in [1.82, 2.24) is 0 Å². The number of anilines is 2. The first kappa shape index (κ1) is 25.5. The van der Waals surface area contributed by atoms with E-state index in [1.165, 1.54) is 19.1 Å². The fraction of sp³-hybridized carbons (Fsp3) is 0.263. The number of phenols is 1. The number of hydrogen-bond donors (Lipinski definition) is 3. The van der Waals surface area contributed by atoms with Crippen LogP contribution in [-0.4, -0.2) is 34.4 Å². The van der Waals surface area contributed by atoms with Crippen molar-refractivity contribution in [2.75, 3.05) is 10.6 Å². The average molecular weight is 528 g/mol. The summed E-state index contributed by atoms with van der Waals surface area (Å²) in [6.07, 6.45) is -0.348. The molecule has 7 nitrogen and oxygen atoms in total. The number of carbonyl (C=O) groups excluding carboxylic acids is 2. The number of aryl methyl sites for hydroxylation is 1. The quantitative estimate of drug-likeness (QED) is 0.367. The third-order valence-corrected chi connectivity index (χ3v) is 7.20. The Hall–Kier alpha value is -1.71. The van der Waals surface area contributed by atoms with E-state index in [0.29, 0.717) is 0 Å². The predicted octanol–water partition coefficient (Wildman–Crippen LogP) is 4.85. The van der Waals surface area contributed by atoms with Crippen molar-refractivity contribution in [2.24, 2.45) is 0 Å². The van der Waals surface area contributed by atoms with Gasteiger partial charge in [0.25, 0.3) is 9.70 Å². The molecule has 0 aliphatic carbocycles. The zero-order valence-electron chi connectivity index (χ0n) is 16.2. The Morgan fingerprint density at radius 1 is 1.06 bits per heavy atom. The minimum absolute atomic E-state index is 0.0102. The SMILES string of the molecule is Cc1ccc(S(=O)(=O)C(C)CC(=O)Nc2cc(O)c(NC(=O)C(Cl)(Cl)Cl)cc2Cl)cc1. The van der Waals surface area contributed by atoms with Gasteiger partial charge in [-0.1, -0.05) is 64.1 Å². The zero-order valence-corrected chi connectivity index (χ0v) is 20.1. The maximum Gasteiger partial charge on any atom is 0.276 e. The summed E-state index contributed by atoms with van der Waals surface area (Å²) in [6, 6.07) is 8.54. The first-order valence-electron chi connectivity index (χ1n) is 8.73. The smallest absolute Gasteiger partial charge is 0.276 e. The number of amides is 2. The molecule has 0 aliphatic heterocycles. The molecule has 0 spiro atoms. The van der Waals surface area contributed by atoms with Crippen LogP contribution in [-0.2, 0) is 19.4 Å². The topological polar surface area (TPSA) is 113 Å². The average Bonchev–Trinajstić information content (AvgIpc) is 2.65. The molecule has 168 valence electrons. The van der Waals surface area contributed by atoms with Crippen LogP contribution in [0.5, 0.6) is 5.75 Å². The minimum Gasteiger partial charge on any atom is -0.506 e. The molecule has 1 atom stereocenters. The first-order valence-corrected chi connectivity index (χ1v) is 11.8. The summed E-state index contributed by atoms with van der Waals surface area (Å²) in [5.41, 5.74) is 0.776. The minimum atomic E-state index is -3.72. The highest BCUT2D eigenvalue weighted by Crippen LogP contribution is 2.36. The molecule has 2 amide bonds. The van der Waals surface area contributed by atoms with Crippen molar-refractivity contribution < 1.29 is 23.1 Å². The molecule has 0 fully saturated rings. The van der Waals surface area contributed by atoms with E-state index in [0.717, 1.165) is 17.7 Å². The van der Waals surface area contributed by atoms with Gasteiger partial charge in [0.2, 0.25) is 5.91 Å². The lowest BCUT2D eigenvalue weighted by atomic mass is 10.2. The Bertz CT molecular complexity index is 1100. The lowest BCUT2D eigenvalue weighted by molar-refractivity contribution is -0.116. The number of phenolic OH excluding ortho intramolecular Hbond substituents is 1. The highest BCUT2D eigenvalue weighted by molar-refractivity contribution is 7.92. The largest absolute Gasteiger partial charge is 0.506 e. The van der Waals surface area contributed by atoms with Crippen LogP contribution in [0.4, 0.5) is 11.4 Å². The molecule has 0 bridgehead atoms. The van der Waals surface area contributed by atoms with E-state index in [1.54, 1.807) is 12.1 Å².